The number of amides is 7. The number of primary amides is 1. The lowest BCUT2D eigenvalue weighted by Gasteiger charge is -2.31. The number of hydrogen-bond donors (Lipinski definition) is 10. The number of aliphatic carboxylic acids is 1. The van der Waals surface area contributed by atoms with Gasteiger partial charge in [-0.05, 0) is 56.2 Å². The van der Waals surface area contributed by atoms with Gasteiger partial charge in [0.2, 0.25) is 41.4 Å². The number of likely N-dealkylation sites (tertiary alicyclic amines) is 1. The number of rotatable bonds is 21. The number of nitrogens with two attached hydrogens (primary N) is 2. The molecule has 19 nitrogen and oxygen atoms in total. The first-order valence-corrected chi connectivity index (χ1v) is 18.1. The Morgan fingerprint density at radius 2 is 1.35 bits per heavy atom. The molecule has 19 heteroatoms. The van der Waals surface area contributed by atoms with Gasteiger partial charge in [-0.3, -0.25) is 38.4 Å². The number of benzene rings is 1. The maximum Gasteiger partial charge on any atom is 0.303 e. The van der Waals surface area contributed by atoms with E-state index in [-0.39, 0.29) is 43.4 Å². The normalized spacial score (nSPS) is 18.0. The maximum atomic E-state index is 13.8. The highest BCUT2D eigenvalue weighted by Crippen LogP contribution is 2.19. The molecule has 2 rings (SSSR count). The van der Waals surface area contributed by atoms with Crippen molar-refractivity contribution in [3.63, 3.8) is 0 Å². The Bertz CT molecular complexity index is 1550. The zero-order valence-corrected chi connectivity index (χ0v) is 32.0. The van der Waals surface area contributed by atoms with Gasteiger partial charge in [-0.2, -0.15) is 0 Å². The number of nitrogens with zero attached hydrogens (tertiary/aromatic N) is 1. The molecule has 1 saturated heterocycles. The van der Waals surface area contributed by atoms with Gasteiger partial charge in [-0.15, -0.1) is 0 Å². The van der Waals surface area contributed by atoms with Crippen LogP contribution in [-0.4, -0.2) is 122 Å². The number of carbonyl (C=O) groups is 8. The molecule has 1 aliphatic heterocycles. The average molecular weight is 777 g/mol. The van der Waals surface area contributed by atoms with Crippen LogP contribution in [0, 0.1) is 11.8 Å². The SMILES string of the molecule is CC(C)CC(NC(=O)C(CCC(=O)O)NC(=O)C(NC(=O)C(NC(=O)C(Cc1ccc(O)cc1)N1CC(N)CC1=O)C(C)O)C(C)C)C(=O)NC(C)C(N)=O. The number of carboxylic acids is 1. The zero-order valence-electron chi connectivity index (χ0n) is 32.0. The van der Waals surface area contributed by atoms with Gasteiger partial charge in [-0.25, -0.2) is 0 Å². The molecule has 1 aromatic rings. The van der Waals surface area contributed by atoms with Crippen molar-refractivity contribution in [3.05, 3.63) is 29.8 Å². The van der Waals surface area contributed by atoms with Crippen LogP contribution in [0.4, 0.5) is 0 Å². The van der Waals surface area contributed by atoms with E-state index >= 15 is 0 Å². The number of hydrogen-bond acceptors (Lipinski definition) is 11. The zero-order chi connectivity index (χ0) is 41.7. The fourth-order valence-electron chi connectivity index (χ4n) is 5.85. The van der Waals surface area contributed by atoms with Gasteiger partial charge in [0, 0.05) is 31.8 Å². The summed E-state index contributed by atoms with van der Waals surface area (Å²) in [6.45, 7) is 9.37. The Labute approximate surface area is 319 Å². The smallest absolute Gasteiger partial charge is 0.303 e. The number of carbonyl (C=O) groups excluding carboxylic acids is 7. The van der Waals surface area contributed by atoms with Crippen LogP contribution in [0.25, 0.3) is 0 Å². The predicted octanol–water partition coefficient (Wildman–Crippen LogP) is -2.26. The highest BCUT2D eigenvalue weighted by Gasteiger charge is 2.39. The maximum absolute atomic E-state index is 13.8. The number of phenols is 1. The molecular formula is C36H56N8O11. The highest BCUT2D eigenvalue weighted by atomic mass is 16.4. The number of phenolic OH excluding ortho intramolecular Hbond substituents is 1. The summed E-state index contributed by atoms with van der Waals surface area (Å²) in [5.74, 6) is -7.55. The van der Waals surface area contributed by atoms with Crippen LogP contribution in [0.2, 0.25) is 0 Å². The second kappa shape index (κ2) is 21.0. The summed E-state index contributed by atoms with van der Waals surface area (Å²) in [7, 11) is 0. The van der Waals surface area contributed by atoms with E-state index in [0.717, 1.165) is 0 Å². The third-order valence-electron chi connectivity index (χ3n) is 8.95. The molecule has 0 aliphatic carbocycles. The largest absolute Gasteiger partial charge is 0.508 e. The molecule has 0 saturated carbocycles. The minimum absolute atomic E-state index is 0.00356. The summed E-state index contributed by atoms with van der Waals surface area (Å²) in [6, 6.07) is -2.46. The third-order valence-corrected chi connectivity index (χ3v) is 8.95. The van der Waals surface area contributed by atoms with Crippen molar-refractivity contribution in [1.29, 1.82) is 0 Å². The highest BCUT2D eigenvalue weighted by molar-refractivity contribution is 5.97. The molecule has 8 unspecified atom stereocenters. The van der Waals surface area contributed by atoms with Gasteiger partial charge < -0.3 is 58.3 Å². The first kappa shape index (κ1) is 45.9. The van der Waals surface area contributed by atoms with Gasteiger partial charge in [0.15, 0.2) is 0 Å². The van der Waals surface area contributed by atoms with Crippen LogP contribution in [0.1, 0.15) is 72.8 Å². The number of aromatic hydroxyl groups is 1. The quantitative estimate of drug-likeness (QED) is 0.0633. The summed E-state index contributed by atoms with van der Waals surface area (Å²) >= 11 is 0. The molecule has 0 spiro atoms. The molecule has 1 aliphatic rings. The van der Waals surface area contributed by atoms with Crippen LogP contribution < -0.4 is 38.1 Å². The first-order valence-electron chi connectivity index (χ1n) is 18.1. The van der Waals surface area contributed by atoms with Crippen LogP contribution in [0.5, 0.6) is 5.75 Å². The second-order valence-corrected chi connectivity index (χ2v) is 14.7. The molecular weight excluding hydrogens is 720 g/mol. The van der Waals surface area contributed by atoms with Crippen molar-refractivity contribution >= 4 is 47.3 Å². The summed E-state index contributed by atoms with van der Waals surface area (Å²) in [4.78, 5) is 105. The number of aliphatic hydroxyl groups is 1. The molecule has 306 valence electrons. The predicted molar refractivity (Wildman–Crippen MR) is 197 cm³/mol. The number of nitrogens with one attached hydrogen (secondary N) is 5. The minimum Gasteiger partial charge on any atom is -0.508 e. The second-order valence-electron chi connectivity index (χ2n) is 14.7. The van der Waals surface area contributed by atoms with Crippen molar-refractivity contribution in [2.75, 3.05) is 6.54 Å². The Hall–Kier alpha value is -5.30. The van der Waals surface area contributed by atoms with Crippen LogP contribution in [0.3, 0.4) is 0 Å². The van der Waals surface area contributed by atoms with E-state index < -0.39 is 109 Å². The van der Waals surface area contributed by atoms with Gasteiger partial charge >= 0.3 is 5.97 Å². The van der Waals surface area contributed by atoms with Crippen LogP contribution in [-0.2, 0) is 44.8 Å². The first-order chi connectivity index (χ1) is 25.6. The van der Waals surface area contributed by atoms with E-state index in [9.17, 15) is 53.7 Å². The van der Waals surface area contributed by atoms with E-state index in [0.29, 0.717) is 5.56 Å². The lowest BCUT2D eigenvalue weighted by Crippen LogP contribution is -2.62. The third kappa shape index (κ3) is 14.5. The average Bonchev–Trinajstić information content (AvgIpc) is 3.42. The number of aliphatic hydroxyl groups excluding tert-OH is 1. The molecule has 1 aromatic carbocycles. The molecule has 0 radical (unpaired) electrons. The lowest BCUT2D eigenvalue weighted by atomic mass is 9.99. The molecule has 7 amide bonds. The Morgan fingerprint density at radius 3 is 1.84 bits per heavy atom. The monoisotopic (exact) mass is 776 g/mol. The molecule has 8 atom stereocenters. The van der Waals surface area contributed by atoms with E-state index in [4.69, 9.17) is 11.5 Å². The lowest BCUT2D eigenvalue weighted by molar-refractivity contribution is -0.140. The van der Waals surface area contributed by atoms with Gasteiger partial charge in [0.25, 0.3) is 0 Å². The Morgan fingerprint density at radius 1 is 0.800 bits per heavy atom. The van der Waals surface area contributed by atoms with Crippen molar-refractivity contribution in [3.8, 4) is 5.75 Å². The summed E-state index contributed by atoms with van der Waals surface area (Å²) in [5, 5.41) is 42.0. The molecule has 0 aromatic heterocycles. The van der Waals surface area contributed by atoms with Crippen LogP contribution >= 0.6 is 0 Å². The van der Waals surface area contributed by atoms with E-state index in [2.05, 4.69) is 26.6 Å². The van der Waals surface area contributed by atoms with E-state index in [1.807, 2.05) is 0 Å². The molecule has 1 fully saturated rings. The van der Waals surface area contributed by atoms with Gasteiger partial charge in [0.1, 0.15) is 42.0 Å². The van der Waals surface area contributed by atoms with Gasteiger partial charge in [0.05, 0.1) is 6.10 Å². The van der Waals surface area contributed by atoms with Crippen LogP contribution in [0.15, 0.2) is 24.3 Å². The summed E-state index contributed by atoms with van der Waals surface area (Å²) < 4.78 is 0. The fourth-order valence-corrected chi connectivity index (χ4v) is 5.85. The summed E-state index contributed by atoms with van der Waals surface area (Å²) in [5.41, 5.74) is 11.8. The molecule has 55 heavy (non-hydrogen) atoms. The van der Waals surface area contributed by atoms with Crippen molar-refractivity contribution in [1.82, 2.24) is 31.5 Å². The standard InChI is InChI=1S/C36H56N8O11/c1-17(2)13-25(33(52)39-19(5)31(38)50)41-32(51)24(11-12-28(48)49)40-35(54)29(18(3)4)42-36(55)30(20(6)45)43-34(53)26(44-16-22(37)15-27(44)47)14-21-7-9-23(46)10-8-21/h7-10,17-20,22,24-26,29-30,45-46H,11-16,37H2,1-6H3,(H2,38,50)(H,39,52)(H,40,54)(H,41,51)(H,42,55)(H,43,53)(H,48,49). The Balaban J connectivity index is 2.30. The Kier molecular flexibility index (Phi) is 17.5. The molecule has 1 heterocycles. The van der Waals surface area contributed by atoms with Crippen molar-refractivity contribution < 1.29 is 53.7 Å². The van der Waals surface area contributed by atoms with Crippen molar-refractivity contribution in [2.45, 2.75) is 122 Å². The summed E-state index contributed by atoms with van der Waals surface area (Å²) in [6.07, 6.45) is -2.35. The van der Waals surface area contributed by atoms with E-state index in [1.165, 1.54) is 30.9 Å². The van der Waals surface area contributed by atoms with E-state index in [1.54, 1.807) is 39.8 Å². The van der Waals surface area contributed by atoms with Crippen molar-refractivity contribution in [2.24, 2.45) is 23.3 Å². The molecule has 12 N–H and O–H groups in total. The number of carboxylic acid groups (broad SMARTS) is 1. The fraction of sp³-hybridized carbons (Fsp3) is 0.611. The molecule has 0 bridgehead atoms. The minimum atomic E-state index is -1.63. The van der Waals surface area contributed by atoms with Gasteiger partial charge in [-0.1, -0.05) is 39.8 Å². The topological polar surface area (TPSA) is 313 Å².